The van der Waals surface area contributed by atoms with Crippen LogP contribution in [0.5, 0.6) is 0 Å². The molecule has 1 atom stereocenters. The Labute approximate surface area is 176 Å². The van der Waals surface area contributed by atoms with Crippen LogP contribution in [-0.4, -0.2) is 55.3 Å². The molecule has 0 bridgehead atoms. The summed E-state index contributed by atoms with van der Waals surface area (Å²) < 4.78 is 5.09. The van der Waals surface area contributed by atoms with Crippen molar-refractivity contribution in [2.45, 2.75) is 45.7 Å². The van der Waals surface area contributed by atoms with Crippen LogP contribution in [0.25, 0.3) is 0 Å². The second-order valence-electron chi connectivity index (χ2n) is 7.67. The zero-order valence-corrected chi connectivity index (χ0v) is 17.7. The van der Waals surface area contributed by atoms with Crippen molar-refractivity contribution in [3.05, 3.63) is 53.1 Å². The number of aromatic amines is 1. The van der Waals surface area contributed by atoms with Crippen molar-refractivity contribution >= 4 is 11.6 Å². The van der Waals surface area contributed by atoms with Crippen molar-refractivity contribution < 1.29 is 4.74 Å². The molecule has 9 heteroatoms. The number of anilines is 2. The largest absolute Gasteiger partial charge is 0.384 e. The molecule has 1 unspecified atom stereocenters. The summed E-state index contributed by atoms with van der Waals surface area (Å²) in [6, 6.07) is 4.24. The molecular weight excluding hydrogens is 380 g/mol. The van der Waals surface area contributed by atoms with Crippen LogP contribution in [0, 0.1) is 13.8 Å². The number of H-pyrrole nitrogens is 1. The summed E-state index contributed by atoms with van der Waals surface area (Å²) >= 11 is 0. The van der Waals surface area contributed by atoms with Gasteiger partial charge < -0.3 is 10.1 Å². The molecule has 0 saturated carbocycles. The minimum absolute atomic E-state index is 0.251. The Bertz CT molecular complexity index is 971. The van der Waals surface area contributed by atoms with Crippen molar-refractivity contribution in [2.24, 2.45) is 0 Å². The van der Waals surface area contributed by atoms with E-state index >= 15 is 0 Å². The molecule has 0 amide bonds. The summed E-state index contributed by atoms with van der Waals surface area (Å²) in [4.78, 5) is 20.6. The Kier molecular flexibility index (Phi) is 6.29. The molecule has 0 aliphatic carbocycles. The normalized spacial score (nSPS) is 16.8. The van der Waals surface area contributed by atoms with Gasteiger partial charge in [0.1, 0.15) is 17.5 Å². The van der Waals surface area contributed by atoms with Crippen LogP contribution in [0.4, 0.5) is 11.6 Å². The van der Waals surface area contributed by atoms with E-state index < -0.39 is 0 Å². The molecule has 4 heterocycles. The molecule has 30 heavy (non-hydrogen) atoms. The number of aryl methyl sites for hydroxylation is 2. The van der Waals surface area contributed by atoms with E-state index in [2.05, 4.69) is 35.4 Å². The molecule has 1 aliphatic heterocycles. The van der Waals surface area contributed by atoms with Gasteiger partial charge in [-0.2, -0.15) is 5.10 Å². The van der Waals surface area contributed by atoms with Gasteiger partial charge in [-0.15, -0.1) is 0 Å². The number of aromatic nitrogens is 6. The highest BCUT2D eigenvalue weighted by atomic mass is 16.5. The van der Waals surface area contributed by atoms with Gasteiger partial charge in [0.25, 0.3) is 0 Å². The van der Waals surface area contributed by atoms with E-state index in [1.807, 2.05) is 38.4 Å². The highest BCUT2D eigenvalue weighted by Crippen LogP contribution is 2.33. The molecule has 158 valence electrons. The van der Waals surface area contributed by atoms with Gasteiger partial charge in [0.15, 0.2) is 5.82 Å². The summed E-state index contributed by atoms with van der Waals surface area (Å²) in [5.74, 6) is 3.08. The van der Waals surface area contributed by atoms with E-state index in [1.165, 1.54) is 0 Å². The number of methoxy groups -OCH3 is 1. The molecule has 3 aromatic heterocycles. The van der Waals surface area contributed by atoms with Crippen molar-refractivity contribution in [1.82, 2.24) is 35.0 Å². The van der Waals surface area contributed by atoms with E-state index in [9.17, 15) is 0 Å². The first-order chi connectivity index (χ1) is 14.6. The van der Waals surface area contributed by atoms with Gasteiger partial charge >= 0.3 is 0 Å². The van der Waals surface area contributed by atoms with Gasteiger partial charge in [-0.3, -0.25) is 10.00 Å². The fourth-order valence-electron chi connectivity index (χ4n) is 3.81. The summed E-state index contributed by atoms with van der Waals surface area (Å²) in [6.45, 7) is 6.37. The van der Waals surface area contributed by atoms with Crippen molar-refractivity contribution in [3.8, 4) is 0 Å². The lowest BCUT2D eigenvalue weighted by Crippen LogP contribution is -2.24. The third-order valence-corrected chi connectivity index (χ3v) is 5.20. The summed E-state index contributed by atoms with van der Waals surface area (Å²) in [6.07, 6.45) is 6.79. The average Bonchev–Trinajstić information content (AvgIpc) is 3.36. The van der Waals surface area contributed by atoms with Crippen LogP contribution >= 0.6 is 0 Å². The molecule has 1 aliphatic rings. The molecule has 0 radical (unpaired) electrons. The van der Waals surface area contributed by atoms with Crippen LogP contribution < -0.4 is 5.32 Å². The lowest BCUT2D eigenvalue weighted by Gasteiger charge is -2.24. The van der Waals surface area contributed by atoms with Gasteiger partial charge in [0, 0.05) is 55.9 Å². The number of hydrogen-bond acceptors (Lipinski definition) is 8. The Balaban J connectivity index is 1.47. The van der Waals surface area contributed by atoms with E-state index in [-0.39, 0.29) is 6.04 Å². The van der Waals surface area contributed by atoms with Crippen molar-refractivity contribution in [3.63, 3.8) is 0 Å². The minimum atomic E-state index is 0.251. The first-order valence-corrected chi connectivity index (χ1v) is 10.3. The van der Waals surface area contributed by atoms with Gasteiger partial charge in [0.05, 0.1) is 18.3 Å². The molecule has 4 rings (SSSR count). The Hall–Kier alpha value is -2.91. The molecule has 0 spiro atoms. The first-order valence-electron chi connectivity index (χ1n) is 10.3. The van der Waals surface area contributed by atoms with Crippen molar-refractivity contribution in [1.29, 1.82) is 0 Å². The van der Waals surface area contributed by atoms with E-state index in [4.69, 9.17) is 9.72 Å². The SMILES string of the molecule is COCCc1ncc(CN2CCCC2c2cc(Nc3cc(C)[nH]n3)nc(C)n2)cn1. The molecule has 3 aromatic rings. The molecule has 1 saturated heterocycles. The highest BCUT2D eigenvalue weighted by Gasteiger charge is 2.28. The van der Waals surface area contributed by atoms with E-state index in [0.717, 1.165) is 72.6 Å². The van der Waals surface area contributed by atoms with Gasteiger partial charge in [-0.25, -0.2) is 19.9 Å². The average molecular weight is 409 g/mol. The molecule has 0 aromatic carbocycles. The predicted molar refractivity (Wildman–Crippen MR) is 113 cm³/mol. The van der Waals surface area contributed by atoms with Gasteiger partial charge in [-0.1, -0.05) is 0 Å². The molecule has 9 nitrogen and oxygen atoms in total. The first kappa shape index (κ1) is 20.4. The number of ether oxygens (including phenoxy) is 1. The topological polar surface area (TPSA) is 105 Å². The Morgan fingerprint density at radius 3 is 2.73 bits per heavy atom. The van der Waals surface area contributed by atoms with Crippen LogP contribution in [0.3, 0.4) is 0 Å². The van der Waals surface area contributed by atoms with E-state index in [1.54, 1.807) is 7.11 Å². The fourth-order valence-corrected chi connectivity index (χ4v) is 3.81. The molecular formula is C21H28N8O. The lowest BCUT2D eigenvalue weighted by molar-refractivity contribution is 0.200. The van der Waals surface area contributed by atoms with Crippen LogP contribution in [0.2, 0.25) is 0 Å². The number of hydrogen-bond donors (Lipinski definition) is 2. The standard InChI is InChI=1S/C21H28N8O/c1-14-9-21(28-27-14)26-20-10-17(24-15(2)25-20)18-5-4-7-29(18)13-16-11-22-19(23-12-16)6-8-30-3/h9-12,18H,4-8,13H2,1-3H3,(H2,24,25,26,27,28). The number of likely N-dealkylation sites (tertiary alicyclic amines) is 1. The highest BCUT2D eigenvalue weighted by molar-refractivity contribution is 5.52. The maximum absolute atomic E-state index is 5.09. The quantitative estimate of drug-likeness (QED) is 0.586. The zero-order chi connectivity index (χ0) is 20.9. The lowest BCUT2D eigenvalue weighted by atomic mass is 10.1. The van der Waals surface area contributed by atoms with Crippen molar-refractivity contribution in [2.75, 3.05) is 25.6 Å². The third kappa shape index (κ3) is 4.98. The smallest absolute Gasteiger partial charge is 0.153 e. The second-order valence-corrected chi connectivity index (χ2v) is 7.67. The third-order valence-electron chi connectivity index (χ3n) is 5.20. The molecule has 1 fully saturated rings. The van der Waals surface area contributed by atoms with Crippen LogP contribution in [-0.2, 0) is 17.7 Å². The van der Waals surface area contributed by atoms with Crippen LogP contribution in [0.1, 0.15) is 47.5 Å². The van der Waals surface area contributed by atoms with Gasteiger partial charge in [0.2, 0.25) is 0 Å². The summed E-state index contributed by atoms with van der Waals surface area (Å²) in [5, 5.41) is 10.5. The zero-order valence-electron chi connectivity index (χ0n) is 17.7. The fraction of sp³-hybridized carbons (Fsp3) is 0.476. The summed E-state index contributed by atoms with van der Waals surface area (Å²) in [7, 11) is 1.69. The number of rotatable bonds is 8. The maximum atomic E-state index is 5.09. The van der Waals surface area contributed by atoms with Gasteiger partial charge in [-0.05, 0) is 33.2 Å². The maximum Gasteiger partial charge on any atom is 0.153 e. The predicted octanol–water partition coefficient (Wildman–Crippen LogP) is 2.88. The Morgan fingerprint density at radius 2 is 2.00 bits per heavy atom. The Morgan fingerprint density at radius 1 is 1.17 bits per heavy atom. The second kappa shape index (κ2) is 9.27. The number of nitrogens with zero attached hydrogens (tertiary/aromatic N) is 6. The van der Waals surface area contributed by atoms with E-state index in [0.29, 0.717) is 6.61 Å². The van der Waals surface area contributed by atoms with Crippen LogP contribution in [0.15, 0.2) is 24.5 Å². The summed E-state index contributed by atoms with van der Waals surface area (Å²) in [5.41, 5.74) is 3.15. The minimum Gasteiger partial charge on any atom is -0.384 e. The number of nitrogens with one attached hydrogen (secondary N) is 2. The molecule has 2 N–H and O–H groups in total. The monoisotopic (exact) mass is 408 g/mol.